The Bertz CT molecular complexity index is 808. The molecule has 0 aliphatic rings. The third-order valence-electron chi connectivity index (χ3n) is 3.91. The van der Waals surface area contributed by atoms with Crippen molar-refractivity contribution in [2.75, 3.05) is 0 Å². The molecule has 0 aromatic heterocycles. The van der Waals surface area contributed by atoms with E-state index in [0.29, 0.717) is 5.56 Å². The molecule has 1 N–H and O–H groups in total. The van der Waals surface area contributed by atoms with Gasteiger partial charge < -0.3 is 5.11 Å². The molecule has 3 rings (SSSR count). The SMILES string of the molecule is Cc1ccc(C(O)c2c(C)ccc3ccccc23)c(F)c1. The molecule has 1 nitrogen and oxygen atoms in total. The molecule has 0 aliphatic carbocycles. The molecule has 1 atom stereocenters. The summed E-state index contributed by atoms with van der Waals surface area (Å²) in [5.74, 6) is -0.366. The fourth-order valence-electron chi connectivity index (χ4n) is 2.78. The van der Waals surface area contributed by atoms with Crippen molar-refractivity contribution < 1.29 is 9.50 Å². The Hall–Kier alpha value is -2.19. The van der Waals surface area contributed by atoms with Crippen LogP contribution in [-0.2, 0) is 0 Å². The van der Waals surface area contributed by atoms with Crippen LogP contribution < -0.4 is 0 Å². The van der Waals surface area contributed by atoms with E-state index in [1.807, 2.05) is 56.3 Å². The van der Waals surface area contributed by atoms with E-state index in [4.69, 9.17) is 0 Å². The summed E-state index contributed by atoms with van der Waals surface area (Å²) in [6.07, 6.45) is -0.961. The van der Waals surface area contributed by atoms with Crippen LogP contribution in [0.25, 0.3) is 10.8 Å². The average molecular weight is 280 g/mol. The maximum absolute atomic E-state index is 14.2. The summed E-state index contributed by atoms with van der Waals surface area (Å²) in [5, 5.41) is 12.7. The topological polar surface area (TPSA) is 20.2 Å². The van der Waals surface area contributed by atoms with E-state index >= 15 is 0 Å². The summed E-state index contributed by atoms with van der Waals surface area (Å²) in [7, 11) is 0. The molecule has 1 unspecified atom stereocenters. The number of benzene rings is 3. The fourth-order valence-corrected chi connectivity index (χ4v) is 2.78. The van der Waals surface area contributed by atoms with E-state index in [0.717, 1.165) is 27.5 Å². The Balaban J connectivity index is 2.21. The minimum absolute atomic E-state index is 0.319. The zero-order chi connectivity index (χ0) is 15.0. The Kier molecular flexibility index (Phi) is 3.48. The molecule has 0 amide bonds. The molecule has 3 aromatic carbocycles. The highest BCUT2D eigenvalue weighted by atomic mass is 19.1. The van der Waals surface area contributed by atoms with Crippen molar-refractivity contribution in [3.63, 3.8) is 0 Å². The number of aliphatic hydroxyl groups is 1. The van der Waals surface area contributed by atoms with Crippen LogP contribution >= 0.6 is 0 Å². The third-order valence-corrected chi connectivity index (χ3v) is 3.91. The molecule has 0 radical (unpaired) electrons. The molecule has 3 aromatic rings. The van der Waals surface area contributed by atoms with Crippen LogP contribution in [0.1, 0.15) is 28.4 Å². The Labute approximate surface area is 123 Å². The molecular formula is C19H17FO. The predicted molar refractivity (Wildman–Crippen MR) is 83.9 cm³/mol. The maximum Gasteiger partial charge on any atom is 0.129 e. The van der Waals surface area contributed by atoms with Gasteiger partial charge in [0.2, 0.25) is 0 Å². The molecule has 0 heterocycles. The van der Waals surface area contributed by atoms with Gasteiger partial charge in [-0.1, -0.05) is 48.5 Å². The smallest absolute Gasteiger partial charge is 0.129 e. The Morgan fingerprint density at radius 2 is 1.71 bits per heavy atom. The first kappa shape index (κ1) is 13.8. The molecule has 0 spiro atoms. The zero-order valence-electron chi connectivity index (χ0n) is 12.1. The van der Waals surface area contributed by atoms with E-state index in [1.165, 1.54) is 6.07 Å². The van der Waals surface area contributed by atoms with Crippen LogP contribution in [0, 0.1) is 19.7 Å². The van der Waals surface area contributed by atoms with Crippen molar-refractivity contribution in [2.45, 2.75) is 20.0 Å². The molecule has 0 saturated heterocycles. The second-order valence-electron chi connectivity index (χ2n) is 5.44. The highest BCUT2D eigenvalue weighted by Gasteiger charge is 2.19. The molecule has 21 heavy (non-hydrogen) atoms. The number of rotatable bonds is 2. The summed E-state index contributed by atoms with van der Waals surface area (Å²) in [5.41, 5.74) is 2.90. The van der Waals surface area contributed by atoms with Crippen molar-refractivity contribution in [3.05, 3.63) is 82.7 Å². The highest BCUT2D eigenvalue weighted by Crippen LogP contribution is 2.33. The molecule has 0 aliphatic heterocycles. The molecule has 106 valence electrons. The lowest BCUT2D eigenvalue weighted by atomic mass is 9.91. The van der Waals surface area contributed by atoms with E-state index in [9.17, 15) is 9.50 Å². The average Bonchev–Trinajstić information content (AvgIpc) is 2.46. The minimum atomic E-state index is -0.961. The number of aliphatic hydroxyl groups excluding tert-OH is 1. The predicted octanol–water partition coefficient (Wildman–Crippen LogP) is 4.68. The standard InChI is InChI=1S/C19H17FO/c1-12-7-10-16(17(20)11-12)19(21)18-13(2)8-9-14-5-3-4-6-15(14)18/h3-11,19,21H,1-2H3. The van der Waals surface area contributed by atoms with Gasteiger partial charge in [-0.05, 0) is 47.4 Å². The van der Waals surface area contributed by atoms with Crippen molar-refractivity contribution in [2.24, 2.45) is 0 Å². The molecular weight excluding hydrogens is 263 g/mol. The number of aryl methyl sites for hydroxylation is 2. The lowest BCUT2D eigenvalue weighted by molar-refractivity contribution is 0.216. The lowest BCUT2D eigenvalue weighted by Gasteiger charge is -2.18. The van der Waals surface area contributed by atoms with Crippen molar-refractivity contribution in [3.8, 4) is 0 Å². The van der Waals surface area contributed by atoms with E-state index in [2.05, 4.69) is 0 Å². The van der Waals surface area contributed by atoms with E-state index in [-0.39, 0.29) is 5.82 Å². The van der Waals surface area contributed by atoms with Crippen LogP contribution in [0.15, 0.2) is 54.6 Å². The first-order chi connectivity index (χ1) is 10.1. The second kappa shape index (κ2) is 5.30. The van der Waals surface area contributed by atoms with Crippen molar-refractivity contribution >= 4 is 10.8 Å². The number of halogens is 1. The van der Waals surface area contributed by atoms with Gasteiger partial charge in [-0.25, -0.2) is 4.39 Å². The summed E-state index contributed by atoms with van der Waals surface area (Å²) in [6, 6.07) is 16.8. The van der Waals surface area contributed by atoms with Crippen LogP contribution in [-0.4, -0.2) is 5.11 Å². The monoisotopic (exact) mass is 280 g/mol. The van der Waals surface area contributed by atoms with Crippen molar-refractivity contribution in [1.29, 1.82) is 0 Å². The van der Waals surface area contributed by atoms with Crippen LogP contribution in [0.5, 0.6) is 0 Å². The largest absolute Gasteiger partial charge is 0.384 e. The number of fused-ring (bicyclic) bond motifs is 1. The van der Waals surface area contributed by atoms with Gasteiger partial charge in [-0.2, -0.15) is 0 Å². The van der Waals surface area contributed by atoms with Crippen LogP contribution in [0.2, 0.25) is 0 Å². The van der Waals surface area contributed by atoms with E-state index in [1.54, 1.807) is 6.07 Å². The van der Waals surface area contributed by atoms with Gasteiger partial charge in [-0.3, -0.25) is 0 Å². The quantitative estimate of drug-likeness (QED) is 0.722. The number of hydrogen-bond donors (Lipinski definition) is 1. The molecule has 0 saturated carbocycles. The van der Waals surface area contributed by atoms with Gasteiger partial charge in [0.05, 0.1) is 0 Å². The minimum Gasteiger partial charge on any atom is -0.384 e. The van der Waals surface area contributed by atoms with Gasteiger partial charge in [0, 0.05) is 5.56 Å². The first-order valence-electron chi connectivity index (χ1n) is 7.00. The Morgan fingerprint density at radius 1 is 0.952 bits per heavy atom. The molecule has 0 bridgehead atoms. The summed E-state index contributed by atoms with van der Waals surface area (Å²) < 4.78 is 14.2. The van der Waals surface area contributed by atoms with Gasteiger partial charge in [-0.15, -0.1) is 0 Å². The van der Waals surface area contributed by atoms with E-state index < -0.39 is 6.10 Å². The van der Waals surface area contributed by atoms with Gasteiger partial charge >= 0.3 is 0 Å². The molecule has 2 heteroatoms. The lowest BCUT2D eigenvalue weighted by Crippen LogP contribution is -2.05. The summed E-state index contributed by atoms with van der Waals surface area (Å²) >= 11 is 0. The third kappa shape index (κ3) is 2.43. The summed E-state index contributed by atoms with van der Waals surface area (Å²) in [4.78, 5) is 0. The van der Waals surface area contributed by atoms with Crippen LogP contribution in [0.3, 0.4) is 0 Å². The zero-order valence-corrected chi connectivity index (χ0v) is 12.1. The van der Waals surface area contributed by atoms with Gasteiger partial charge in [0.1, 0.15) is 11.9 Å². The number of hydrogen-bond acceptors (Lipinski definition) is 1. The highest BCUT2D eigenvalue weighted by molar-refractivity contribution is 5.87. The van der Waals surface area contributed by atoms with Gasteiger partial charge in [0.15, 0.2) is 0 Å². The second-order valence-corrected chi connectivity index (χ2v) is 5.44. The van der Waals surface area contributed by atoms with Crippen molar-refractivity contribution in [1.82, 2.24) is 0 Å². The fraction of sp³-hybridized carbons (Fsp3) is 0.158. The van der Waals surface area contributed by atoms with Gasteiger partial charge in [0.25, 0.3) is 0 Å². The summed E-state index contributed by atoms with van der Waals surface area (Å²) in [6.45, 7) is 3.78. The molecule has 0 fully saturated rings. The Morgan fingerprint density at radius 3 is 2.48 bits per heavy atom. The van der Waals surface area contributed by atoms with Crippen LogP contribution in [0.4, 0.5) is 4.39 Å². The maximum atomic E-state index is 14.2. The first-order valence-corrected chi connectivity index (χ1v) is 7.00. The normalized spacial score (nSPS) is 12.6.